The van der Waals surface area contributed by atoms with Crippen molar-refractivity contribution in [1.82, 2.24) is 0 Å². The van der Waals surface area contributed by atoms with Crippen LogP contribution in [0.3, 0.4) is 0 Å². The van der Waals surface area contributed by atoms with Crippen LogP contribution in [-0.4, -0.2) is 16.8 Å². The predicted octanol–water partition coefficient (Wildman–Crippen LogP) is 7.04. The van der Waals surface area contributed by atoms with Gasteiger partial charge >= 0.3 is 5.97 Å². The van der Waals surface area contributed by atoms with Gasteiger partial charge in [-0.05, 0) is 71.6 Å². The van der Waals surface area contributed by atoms with E-state index in [0.29, 0.717) is 10.6 Å². The number of hydrogen-bond donors (Lipinski definition) is 1. The van der Waals surface area contributed by atoms with Gasteiger partial charge in [0.25, 0.3) is 0 Å². The monoisotopic (exact) mass is 376 g/mol. The van der Waals surface area contributed by atoms with Gasteiger partial charge in [0.05, 0.1) is 5.56 Å². The number of carbonyl (C=O) groups is 1. The fraction of sp³-hybridized carbons (Fsp3) is 0.409. The van der Waals surface area contributed by atoms with Crippen LogP contribution in [0.5, 0.6) is 0 Å². The fourth-order valence-corrected chi connectivity index (χ4v) is 3.42. The van der Waals surface area contributed by atoms with Gasteiger partial charge in [-0.2, -0.15) is 0 Å². The number of rotatable bonds is 10. The van der Waals surface area contributed by atoms with Gasteiger partial charge in [0, 0.05) is 10.6 Å². The van der Waals surface area contributed by atoms with Crippen molar-refractivity contribution in [1.29, 1.82) is 0 Å². The van der Waals surface area contributed by atoms with Crippen molar-refractivity contribution in [3.63, 3.8) is 0 Å². The van der Waals surface area contributed by atoms with Crippen LogP contribution in [-0.2, 0) is 0 Å². The van der Waals surface area contributed by atoms with Crippen LogP contribution in [0.1, 0.15) is 63.7 Å². The maximum absolute atomic E-state index is 13.2. The molecule has 0 aliphatic carbocycles. The first-order chi connectivity index (χ1) is 12.3. The predicted molar refractivity (Wildman–Crippen MR) is 109 cm³/mol. The third-order valence-electron chi connectivity index (χ3n) is 3.97. The lowest BCUT2D eigenvalue weighted by Crippen LogP contribution is -1.99. The zero-order valence-corrected chi connectivity index (χ0v) is 17.0. The minimum Gasteiger partial charge on any atom is -0.478 e. The first-order valence-electron chi connectivity index (χ1n) is 8.90. The summed E-state index contributed by atoms with van der Waals surface area (Å²) in [5.41, 5.74) is 4.09. The molecule has 0 saturated carbocycles. The second-order valence-corrected chi connectivity index (χ2v) is 7.78. The smallest absolute Gasteiger partial charge is 0.336 e. The number of aromatic carboxylic acids is 1. The summed E-state index contributed by atoms with van der Waals surface area (Å²) in [7, 11) is 0. The van der Waals surface area contributed by atoms with Crippen LogP contribution >= 0.6 is 11.8 Å². The number of benzene rings is 1. The second kappa shape index (κ2) is 11.7. The minimum atomic E-state index is -1.10. The molecule has 1 aromatic carbocycles. The lowest BCUT2D eigenvalue weighted by atomic mass is 10.1. The maximum atomic E-state index is 13.2. The third kappa shape index (κ3) is 9.04. The van der Waals surface area contributed by atoms with Crippen molar-refractivity contribution < 1.29 is 14.3 Å². The maximum Gasteiger partial charge on any atom is 0.336 e. The molecule has 0 aromatic heterocycles. The van der Waals surface area contributed by atoms with Crippen molar-refractivity contribution >= 4 is 17.7 Å². The van der Waals surface area contributed by atoms with E-state index in [1.807, 2.05) is 0 Å². The van der Waals surface area contributed by atoms with E-state index >= 15 is 0 Å². The highest BCUT2D eigenvalue weighted by Gasteiger charge is 2.11. The van der Waals surface area contributed by atoms with Crippen molar-refractivity contribution in [3.05, 3.63) is 64.5 Å². The Kier molecular flexibility index (Phi) is 10.0. The van der Waals surface area contributed by atoms with Crippen molar-refractivity contribution in [2.45, 2.75) is 58.3 Å². The van der Waals surface area contributed by atoms with Crippen LogP contribution in [0.2, 0.25) is 0 Å². The van der Waals surface area contributed by atoms with Gasteiger partial charge in [0.15, 0.2) is 0 Å². The molecule has 4 heteroatoms. The summed E-state index contributed by atoms with van der Waals surface area (Å²) in [6.45, 7) is 8.51. The van der Waals surface area contributed by atoms with Gasteiger partial charge in [-0.1, -0.05) is 34.9 Å². The standard InChI is InChI=1S/C22H29FO2S/c1-16(2)7-5-8-17(3)9-6-10-18(4)13-14-26-21-12-11-19(23)15-20(21)22(24)25/h7,9,11-13,15H,5-6,8,10,14H2,1-4H3,(H,24,25)/b17-9+,18-13+. The van der Waals surface area contributed by atoms with Gasteiger partial charge in [-0.15, -0.1) is 11.8 Å². The molecule has 1 rings (SSSR count). The molecule has 0 fully saturated rings. The van der Waals surface area contributed by atoms with Gasteiger partial charge in [-0.3, -0.25) is 0 Å². The Labute approximate surface area is 160 Å². The molecule has 0 unspecified atom stereocenters. The summed E-state index contributed by atoms with van der Waals surface area (Å²) in [6.07, 6.45) is 10.9. The first kappa shape index (κ1) is 22.2. The lowest BCUT2D eigenvalue weighted by Gasteiger charge is -2.05. The largest absolute Gasteiger partial charge is 0.478 e. The Balaban J connectivity index is 2.45. The first-order valence-corrected chi connectivity index (χ1v) is 9.88. The van der Waals surface area contributed by atoms with Gasteiger partial charge < -0.3 is 5.11 Å². The molecule has 0 aliphatic heterocycles. The number of halogens is 1. The van der Waals surface area contributed by atoms with E-state index in [1.165, 1.54) is 40.6 Å². The Morgan fingerprint density at radius 1 is 1.04 bits per heavy atom. The van der Waals surface area contributed by atoms with Crippen molar-refractivity contribution in [2.75, 3.05) is 5.75 Å². The third-order valence-corrected chi connectivity index (χ3v) is 4.97. The molecule has 0 atom stereocenters. The van der Waals surface area contributed by atoms with E-state index < -0.39 is 11.8 Å². The summed E-state index contributed by atoms with van der Waals surface area (Å²) in [4.78, 5) is 11.8. The van der Waals surface area contributed by atoms with E-state index in [2.05, 4.69) is 45.9 Å². The molecule has 0 bridgehead atoms. The molecule has 0 aliphatic rings. The molecular weight excluding hydrogens is 347 g/mol. The average molecular weight is 377 g/mol. The normalized spacial score (nSPS) is 12.2. The van der Waals surface area contributed by atoms with Gasteiger partial charge in [-0.25, -0.2) is 9.18 Å². The molecule has 1 N–H and O–H groups in total. The van der Waals surface area contributed by atoms with E-state index in [1.54, 1.807) is 0 Å². The van der Waals surface area contributed by atoms with Crippen LogP contribution in [0.25, 0.3) is 0 Å². The molecule has 26 heavy (non-hydrogen) atoms. The topological polar surface area (TPSA) is 37.3 Å². The van der Waals surface area contributed by atoms with E-state index in [0.717, 1.165) is 31.7 Å². The Morgan fingerprint density at radius 3 is 2.27 bits per heavy atom. The van der Waals surface area contributed by atoms with Gasteiger partial charge in [0.2, 0.25) is 0 Å². The van der Waals surface area contributed by atoms with Crippen LogP contribution in [0, 0.1) is 5.82 Å². The number of thioether (sulfide) groups is 1. The molecule has 142 valence electrons. The molecule has 2 nitrogen and oxygen atoms in total. The van der Waals surface area contributed by atoms with Gasteiger partial charge in [0.1, 0.15) is 5.82 Å². The molecular formula is C22H29FO2S. The summed E-state index contributed by atoms with van der Waals surface area (Å²) in [5.74, 6) is -0.937. The highest BCUT2D eigenvalue weighted by Crippen LogP contribution is 2.24. The van der Waals surface area contributed by atoms with Crippen LogP contribution < -0.4 is 0 Å². The molecule has 0 amide bonds. The molecule has 0 spiro atoms. The second-order valence-electron chi connectivity index (χ2n) is 6.72. The number of allylic oxidation sites excluding steroid dienone is 5. The molecule has 0 heterocycles. The molecule has 0 saturated heterocycles. The van der Waals surface area contributed by atoms with Crippen LogP contribution in [0.4, 0.5) is 4.39 Å². The average Bonchev–Trinajstić information content (AvgIpc) is 2.55. The Morgan fingerprint density at radius 2 is 1.65 bits per heavy atom. The van der Waals surface area contributed by atoms with E-state index in [4.69, 9.17) is 5.11 Å². The number of carboxylic acid groups (broad SMARTS) is 1. The van der Waals surface area contributed by atoms with Crippen molar-refractivity contribution in [2.24, 2.45) is 0 Å². The Hall–Kier alpha value is -1.81. The Bertz CT molecular complexity index is 698. The zero-order chi connectivity index (χ0) is 19.5. The summed E-state index contributed by atoms with van der Waals surface area (Å²) >= 11 is 1.42. The van der Waals surface area contributed by atoms with E-state index in [-0.39, 0.29) is 5.56 Å². The minimum absolute atomic E-state index is 0.0241. The van der Waals surface area contributed by atoms with Crippen molar-refractivity contribution in [3.8, 4) is 0 Å². The summed E-state index contributed by atoms with van der Waals surface area (Å²) < 4.78 is 13.2. The summed E-state index contributed by atoms with van der Waals surface area (Å²) in [6, 6.07) is 3.91. The summed E-state index contributed by atoms with van der Waals surface area (Å²) in [5, 5.41) is 9.15. The number of carboxylic acids is 1. The highest BCUT2D eigenvalue weighted by atomic mass is 32.2. The molecule has 0 radical (unpaired) electrons. The van der Waals surface area contributed by atoms with Crippen LogP contribution in [0.15, 0.2) is 58.0 Å². The quantitative estimate of drug-likeness (QED) is 0.351. The highest BCUT2D eigenvalue weighted by molar-refractivity contribution is 7.99. The fourth-order valence-electron chi connectivity index (χ4n) is 2.41. The number of hydrogen-bond acceptors (Lipinski definition) is 2. The SMILES string of the molecule is CC(C)=CCC/C(C)=C/CC/C(C)=C/CSc1ccc(F)cc1C(=O)O. The van der Waals surface area contributed by atoms with E-state index in [9.17, 15) is 9.18 Å². The lowest BCUT2D eigenvalue weighted by molar-refractivity contribution is 0.0692. The molecule has 1 aromatic rings. The zero-order valence-electron chi connectivity index (χ0n) is 16.1.